The summed E-state index contributed by atoms with van der Waals surface area (Å²) in [5.74, 6) is -0.144. The highest BCUT2D eigenvalue weighted by atomic mass is 19.2. The molecule has 1 fully saturated rings. The third-order valence-corrected chi connectivity index (χ3v) is 4.56. The van der Waals surface area contributed by atoms with Gasteiger partial charge in [0.25, 0.3) is 0 Å². The van der Waals surface area contributed by atoms with Crippen LogP contribution >= 0.6 is 0 Å². The second kappa shape index (κ2) is 8.28. The van der Waals surface area contributed by atoms with E-state index in [1.54, 1.807) is 17.0 Å². The van der Waals surface area contributed by atoms with E-state index < -0.39 is 29.6 Å². The fourth-order valence-electron chi connectivity index (χ4n) is 3.34. The molecule has 0 aliphatic carbocycles. The van der Waals surface area contributed by atoms with Crippen LogP contribution in [0.2, 0.25) is 0 Å². The van der Waals surface area contributed by atoms with Gasteiger partial charge in [-0.3, -0.25) is 4.79 Å². The number of benzene rings is 2. The van der Waals surface area contributed by atoms with E-state index in [1.165, 1.54) is 18.2 Å². The van der Waals surface area contributed by atoms with E-state index in [-0.39, 0.29) is 12.5 Å². The summed E-state index contributed by atoms with van der Waals surface area (Å²) >= 11 is 0. The molecule has 0 unspecified atom stereocenters. The van der Waals surface area contributed by atoms with Crippen molar-refractivity contribution in [3.05, 3.63) is 71.0 Å². The Balaban J connectivity index is 2.08. The molecule has 2 atom stereocenters. The zero-order chi connectivity index (χ0) is 19.4. The number of hydrogen-bond donors (Lipinski definition) is 0. The Morgan fingerprint density at radius 2 is 1.78 bits per heavy atom. The molecule has 0 N–H and O–H groups in total. The summed E-state index contributed by atoms with van der Waals surface area (Å²) in [7, 11) is 0. The molecule has 2 aromatic rings. The van der Waals surface area contributed by atoms with Gasteiger partial charge in [-0.25, -0.2) is 13.2 Å². The maximum absolute atomic E-state index is 13.8. The Labute approximate surface area is 155 Å². The molecule has 0 spiro atoms. The fraction of sp³-hybridized carbons (Fsp3) is 0.286. The van der Waals surface area contributed by atoms with Gasteiger partial charge in [-0.2, -0.15) is 0 Å². The van der Waals surface area contributed by atoms with Crippen molar-refractivity contribution in [3.8, 4) is 12.3 Å². The van der Waals surface area contributed by atoms with Crippen LogP contribution in [0.4, 0.5) is 13.2 Å². The molecule has 1 amide bonds. The number of nitrogens with zero attached hydrogens (tertiary/aromatic N) is 1. The number of amides is 1. The number of hydrogen-bond acceptors (Lipinski definition) is 2. The van der Waals surface area contributed by atoms with Crippen molar-refractivity contribution in [3.63, 3.8) is 0 Å². The molecule has 3 nitrogen and oxygen atoms in total. The number of carbonyl (C=O) groups is 1. The van der Waals surface area contributed by atoms with Crippen LogP contribution in [0.5, 0.6) is 0 Å². The number of rotatable bonds is 6. The molecule has 2 aromatic carbocycles. The lowest BCUT2D eigenvalue weighted by molar-refractivity contribution is -0.133. The maximum atomic E-state index is 13.8. The minimum absolute atomic E-state index is 0.0800. The molecule has 0 aromatic heterocycles. The third-order valence-electron chi connectivity index (χ3n) is 4.56. The van der Waals surface area contributed by atoms with Gasteiger partial charge >= 0.3 is 0 Å². The molecule has 0 saturated carbocycles. The molecule has 27 heavy (non-hydrogen) atoms. The Hall–Kier alpha value is -2.78. The highest BCUT2D eigenvalue weighted by Crippen LogP contribution is 2.39. The first-order chi connectivity index (χ1) is 13.0. The first-order valence-electron chi connectivity index (χ1n) is 8.56. The van der Waals surface area contributed by atoms with E-state index in [0.717, 1.165) is 12.1 Å². The second-order valence-corrected chi connectivity index (χ2v) is 6.30. The maximum Gasteiger partial charge on any atom is 0.223 e. The molecular formula is C21H18F3NO2. The zero-order valence-corrected chi connectivity index (χ0v) is 14.5. The average molecular weight is 373 g/mol. The van der Waals surface area contributed by atoms with Crippen molar-refractivity contribution in [1.29, 1.82) is 0 Å². The lowest BCUT2D eigenvalue weighted by Gasteiger charge is -2.35. The van der Waals surface area contributed by atoms with Crippen LogP contribution in [0, 0.1) is 29.8 Å². The SMILES string of the molecule is C#CCO[C@H](c1ccc(F)c(F)c1)[C@H](c1ccc(F)cc1)N1CCCC1=O. The van der Waals surface area contributed by atoms with Crippen molar-refractivity contribution in [2.45, 2.75) is 25.0 Å². The van der Waals surface area contributed by atoms with Crippen LogP contribution in [0.1, 0.15) is 36.1 Å². The van der Waals surface area contributed by atoms with Crippen molar-refractivity contribution in [1.82, 2.24) is 4.90 Å². The lowest BCUT2D eigenvalue weighted by Crippen LogP contribution is -2.35. The van der Waals surface area contributed by atoms with Gasteiger partial charge in [0, 0.05) is 13.0 Å². The monoisotopic (exact) mass is 373 g/mol. The van der Waals surface area contributed by atoms with Gasteiger partial charge in [0.1, 0.15) is 18.5 Å². The Bertz CT molecular complexity index is 861. The third kappa shape index (κ3) is 4.15. The molecule has 1 saturated heterocycles. The predicted molar refractivity (Wildman–Crippen MR) is 94.0 cm³/mol. The van der Waals surface area contributed by atoms with Crippen LogP contribution in [-0.2, 0) is 9.53 Å². The second-order valence-electron chi connectivity index (χ2n) is 6.30. The van der Waals surface area contributed by atoms with Crippen LogP contribution in [0.15, 0.2) is 42.5 Å². The standard InChI is InChI=1S/C21H18F3NO2/c1-2-12-27-21(15-7-10-17(23)18(24)13-15)20(25-11-3-4-19(25)26)14-5-8-16(22)9-6-14/h1,5-10,13,20-21H,3-4,11-12H2/t20-,21+/m0/s1. The van der Waals surface area contributed by atoms with Gasteiger partial charge in [-0.15, -0.1) is 6.42 Å². The minimum atomic E-state index is -1.02. The lowest BCUT2D eigenvalue weighted by atomic mass is 9.94. The first-order valence-corrected chi connectivity index (χ1v) is 8.56. The molecule has 1 heterocycles. The Morgan fingerprint density at radius 1 is 1.07 bits per heavy atom. The van der Waals surface area contributed by atoms with E-state index >= 15 is 0 Å². The summed E-state index contributed by atoms with van der Waals surface area (Å²) in [6, 6.07) is 8.47. The first kappa shape index (κ1) is 19.0. The molecule has 1 aliphatic heterocycles. The molecular weight excluding hydrogens is 355 g/mol. The molecule has 6 heteroatoms. The van der Waals surface area contributed by atoms with Gasteiger partial charge in [-0.1, -0.05) is 24.1 Å². The molecule has 1 aliphatic rings. The van der Waals surface area contributed by atoms with E-state index in [0.29, 0.717) is 30.5 Å². The summed E-state index contributed by atoms with van der Waals surface area (Å²) < 4.78 is 46.4. The molecule has 3 rings (SSSR count). The topological polar surface area (TPSA) is 29.5 Å². The summed E-state index contributed by atoms with van der Waals surface area (Å²) in [6.07, 6.45) is 5.54. The minimum Gasteiger partial charge on any atom is -0.358 e. The summed E-state index contributed by atoms with van der Waals surface area (Å²) in [6.45, 7) is 0.407. The van der Waals surface area contributed by atoms with Crippen LogP contribution in [0.3, 0.4) is 0 Å². The number of likely N-dealkylation sites (tertiary alicyclic amines) is 1. The highest BCUT2D eigenvalue weighted by Gasteiger charge is 2.36. The molecule has 0 radical (unpaired) electrons. The smallest absolute Gasteiger partial charge is 0.223 e. The van der Waals surface area contributed by atoms with Crippen molar-refractivity contribution >= 4 is 5.91 Å². The van der Waals surface area contributed by atoms with E-state index in [1.807, 2.05) is 0 Å². The van der Waals surface area contributed by atoms with Crippen LogP contribution < -0.4 is 0 Å². The van der Waals surface area contributed by atoms with Crippen molar-refractivity contribution < 1.29 is 22.7 Å². The molecule has 0 bridgehead atoms. The van der Waals surface area contributed by atoms with Gasteiger partial charge in [0.2, 0.25) is 5.91 Å². The van der Waals surface area contributed by atoms with E-state index in [9.17, 15) is 18.0 Å². The van der Waals surface area contributed by atoms with Gasteiger partial charge in [0.05, 0.1) is 6.04 Å². The van der Waals surface area contributed by atoms with Gasteiger partial charge in [0.15, 0.2) is 11.6 Å². The fourth-order valence-corrected chi connectivity index (χ4v) is 3.34. The number of terminal acetylenes is 1. The largest absolute Gasteiger partial charge is 0.358 e. The quantitative estimate of drug-likeness (QED) is 0.712. The van der Waals surface area contributed by atoms with Gasteiger partial charge in [-0.05, 0) is 41.8 Å². The average Bonchev–Trinajstić information content (AvgIpc) is 3.08. The normalized spacial score (nSPS) is 16.2. The highest BCUT2D eigenvalue weighted by molar-refractivity contribution is 5.78. The Morgan fingerprint density at radius 3 is 2.37 bits per heavy atom. The zero-order valence-electron chi connectivity index (χ0n) is 14.5. The van der Waals surface area contributed by atoms with E-state index in [4.69, 9.17) is 11.2 Å². The Kier molecular flexibility index (Phi) is 5.82. The van der Waals surface area contributed by atoms with Crippen LogP contribution in [-0.4, -0.2) is 24.0 Å². The summed E-state index contributed by atoms with van der Waals surface area (Å²) in [4.78, 5) is 14.0. The summed E-state index contributed by atoms with van der Waals surface area (Å²) in [5.41, 5.74) is 0.969. The molecule has 140 valence electrons. The predicted octanol–water partition coefficient (Wildman–Crippen LogP) is 4.16. The van der Waals surface area contributed by atoms with Crippen molar-refractivity contribution in [2.75, 3.05) is 13.2 Å². The van der Waals surface area contributed by atoms with E-state index in [2.05, 4.69) is 5.92 Å². The number of carbonyl (C=O) groups excluding carboxylic acids is 1. The van der Waals surface area contributed by atoms with Crippen LogP contribution in [0.25, 0.3) is 0 Å². The van der Waals surface area contributed by atoms with Crippen molar-refractivity contribution in [2.24, 2.45) is 0 Å². The van der Waals surface area contributed by atoms with Gasteiger partial charge < -0.3 is 9.64 Å². The summed E-state index contributed by atoms with van der Waals surface area (Å²) in [5, 5.41) is 0. The number of halogens is 3. The number of ether oxygens (including phenoxy) is 1.